The molecule has 0 aromatic heterocycles. The van der Waals surface area contributed by atoms with E-state index in [0.717, 1.165) is 42.7 Å². The predicted molar refractivity (Wildman–Crippen MR) is 109 cm³/mol. The van der Waals surface area contributed by atoms with Crippen molar-refractivity contribution in [2.45, 2.75) is 13.8 Å². The van der Waals surface area contributed by atoms with E-state index in [4.69, 9.17) is 17.0 Å². The third-order valence-electron chi connectivity index (χ3n) is 4.80. The fourth-order valence-electron chi connectivity index (χ4n) is 3.13. The summed E-state index contributed by atoms with van der Waals surface area (Å²) < 4.78 is 5.26. The van der Waals surface area contributed by atoms with Gasteiger partial charge in [0.1, 0.15) is 5.75 Å². The van der Waals surface area contributed by atoms with E-state index in [9.17, 15) is 0 Å². The maximum Gasteiger partial charge on any atom is 0.173 e. The molecule has 1 fully saturated rings. The van der Waals surface area contributed by atoms with Gasteiger partial charge in [0.05, 0.1) is 7.11 Å². The molecule has 1 saturated heterocycles. The van der Waals surface area contributed by atoms with Crippen LogP contribution in [-0.4, -0.2) is 43.3 Å². The molecule has 25 heavy (non-hydrogen) atoms. The number of ether oxygens (including phenoxy) is 1. The summed E-state index contributed by atoms with van der Waals surface area (Å²) in [5, 5.41) is 4.09. The van der Waals surface area contributed by atoms with Crippen LogP contribution >= 0.6 is 12.2 Å². The van der Waals surface area contributed by atoms with Gasteiger partial charge in [-0.25, -0.2) is 0 Å². The van der Waals surface area contributed by atoms with E-state index >= 15 is 0 Å². The van der Waals surface area contributed by atoms with Crippen molar-refractivity contribution in [2.24, 2.45) is 0 Å². The largest absolute Gasteiger partial charge is 0.497 e. The fourth-order valence-corrected chi connectivity index (χ4v) is 3.43. The van der Waals surface area contributed by atoms with Crippen molar-refractivity contribution < 1.29 is 4.74 Å². The lowest BCUT2D eigenvalue weighted by molar-refractivity contribution is 0.390. The standard InChI is InChI=1S/C20H25N3OS/c1-15-6-4-9-19(16(15)2)22-10-12-23(13-11-22)20(25)21-17-7-5-8-18(14-17)24-3/h4-9,14H,10-13H2,1-3H3,(H,21,25). The van der Waals surface area contributed by atoms with Gasteiger partial charge >= 0.3 is 0 Å². The van der Waals surface area contributed by atoms with Crippen LogP contribution in [0.15, 0.2) is 42.5 Å². The van der Waals surface area contributed by atoms with Crippen LogP contribution in [0.25, 0.3) is 0 Å². The Bertz CT molecular complexity index is 754. The summed E-state index contributed by atoms with van der Waals surface area (Å²) in [6, 6.07) is 14.4. The third kappa shape index (κ3) is 4.04. The number of anilines is 2. The normalized spacial score (nSPS) is 14.4. The zero-order valence-corrected chi connectivity index (χ0v) is 15.9. The number of hydrogen-bond donors (Lipinski definition) is 1. The van der Waals surface area contributed by atoms with Gasteiger partial charge < -0.3 is 19.9 Å². The Hall–Kier alpha value is -2.27. The first-order valence-corrected chi connectivity index (χ1v) is 9.00. The molecule has 0 aliphatic carbocycles. The predicted octanol–water partition coefficient (Wildman–Crippen LogP) is 3.83. The summed E-state index contributed by atoms with van der Waals surface area (Å²) in [6.07, 6.45) is 0. The lowest BCUT2D eigenvalue weighted by Crippen LogP contribution is -2.50. The van der Waals surface area contributed by atoms with Crippen LogP contribution in [0.2, 0.25) is 0 Å². The molecule has 1 aliphatic heterocycles. The molecule has 0 amide bonds. The van der Waals surface area contributed by atoms with E-state index in [1.165, 1.54) is 16.8 Å². The van der Waals surface area contributed by atoms with Crippen LogP contribution in [0.4, 0.5) is 11.4 Å². The highest BCUT2D eigenvalue weighted by atomic mass is 32.1. The first-order valence-electron chi connectivity index (χ1n) is 8.59. The van der Waals surface area contributed by atoms with Gasteiger partial charge in [0, 0.05) is 43.6 Å². The highest BCUT2D eigenvalue weighted by molar-refractivity contribution is 7.80. The smallest absolute Gasteiger partial charge is 0.173 e. The maximum absolute atomic E-state index is 5.59. The van der Waals surface area contributed by atoms with E-state index in [1.54, 1.807) is 7.11 Å². The zero-order valence-electron chi connectivity index (χ0n) is 15.1. The zero-order chi connectivity index (χ0) is 17.8. The molecule has 5 heteroatoms. The monoisotopic (exact) mass is 355 g/mol. The number of hydrogen-bond acceptors (Lipinski definition) is 3. The molecule has 132 valence electrons. The molecule has 0 radical (unpaired) electrons. The second-order valence-corrected chi connectivity index (χ2v) is 6.74. The molecule has 3 rings (SSSR count). The number of nitrogens with one attached hydrogen (secondary N) is 1. The molecule has 0 atom stereocenters. The van der Waals surface area contributed by atoms with Crippen LogP contribution in [0.5, 0.6) is 5.75 Å². The third-order valence-corrected chi connectivity index (χ3v) is 5.16. The van der Waals surface area contributed by atoms with Gasteiger partial charge in [-0.05, 0) is 55.4 Å². The van der Waals surface area contributed by atoms with Crippen molar-refractivity contribution in [3.63, 3.8) is 0 Å². The summed E-state index contributed by atoms with van der Waals surface area (Å²) in [5.41, 5.74) is 5.01. The van der Waals surface area contributed by atoms with Crippen molar-refractivity contribution in [1.29, 1.82) is 0 Å². The molecular weight excluding hydrogens is 330 g/mol. The van der Waals surface area contributed by atoms with Gasteiger partial charge in [-0.15, -0.1) is 0 Å². The molecule has 1 aliphatic rings. The summed E-state index contributed by atoms with van der Waals surface area (Å²) in [4.78, 5) is 4.68. The van der Waals surface area contributed by atoms with E-state index in [1.807, 2.05) is 24.3 Å². The minimum Gasteiger partial charge on any atom is -0.497 e. The van der Waals surface area contributed by atoms with Gasteiger partial charge in [0.15, 0.2) is 5.11 Å². The first-order chi connectivity index (χ1) is 12.1. The maximum atomic E-state index is 5.59. The number of nitrogens with zero attached hydrogens (tertiary/aromatic N) is 2. The number of rotatable bonds is 3. The quantitative estimate of drug-likeness (QED) is 0.845. The van der Waals surface area contributed by atoms with E-state index in [0.29, 0.717) is 0 Å². The molecule has 4 nitrogen and oxygen atoms in total. The summed E-state index contributed by atoms with van der Waals surface area (Å²) in [6.45, 7) is 8.16. The van der Waals surface area contributed by atoms with Crippen molar-refractivity contribution in [3.8, 4) is 5.75 Å². The topological polar surface area (TPSA) is 27.7 Å². The van der Waals surface area contributed by atoms with E-state index in [2.05, 4.69) is 47.2 Å². The summed E-state index contributed by atoms with van der Waals surface area (Å²) in [7, 11) is 1.67. The van der Waals surface area contributed by atoms with Gasteiger partial charge in [0.2, 0.25) is 0 Å². The van der Waals surface area contributed by atoms with Crippen LogP contribution in [0.3, 0.4) is 0 Å². The molecule has 1 N–H and O–H groups in total. The molecule has 0 unspecified atom stereocenters. The fraction of sp³-hybridized carbons (Fsp3) is 0.350. The first kappa shape index (κ1) is 17.5. The summed E-state index contributed by atoms with van der Waals surface area (Å²) in [5.74, 6) is 0.826. The molecule has 0 saturated carbocycles. The second-order valence-electron chi connectivity index (χ2n) is 6.36. The van der Waals surface area contributed by atoms with Crippen LogP contribution in [0.1, 0.15) is 11.1 Å². The van der Waals surface area contributed by atoms with Gasteiger partial charge in [-0.2, -0.15) is 0 Å². The molecular formula is C20H25N3OS. The number of piperazine rings is 1. The Kier molecular flexibility index (Phi) is 5.43. The lowest BCUT2D eigenvalue weighted by atomic mass is 10.1. The minimum atomic E-state index is 0.772. The highest BCUT2D eigenvalue weighted by Gasteiger charge is 2.20. The molecule has 1 heterocycles. The summed E-state index contributed by atoms with van der Waals surface area (Å²) >= 11 is 5.59. The van der Waals surface area contributed by atoms with Crippen LogP contribution < -0.4 is 15.0 Å². The Labute approximate surface area is 155 Å². The lowest BCUT2D eigenvalue weighted by Gasteiger charge is -2.38. The SMILES string of the molecule is COc1cccc(NC(=S)N2CCN(c3cccc(C)c3C)CC2)c1. The van der Waals surface area contributed by atoms with Crippen molar-refractivity contribution in [2.75, 3.05) is 43.5 Å². The number of aryl methyl sites for hydroxylation is 1. The average Bonchev–Trinajstić information content (AvgIpc) is 2.64. The number of methoxy groups -OCH3 is 1. The van der Waals surface area contributed by atoms with E-state index in [-0.39, 0.29) is 0 Å². The molecule has 0 spiro atoms. The van der Waals surface area contributed by atoms with Crippen molar-refractivity contribution >= 4 is 28.7 Å². The minimum absolute atomic E-state index is 0.772. The van der Waals surface area contributed by atoms with Crippen LogP contribution in [0, 0.1) is 13.8 Å². The molecule has 2 aromatic rings. The van der Waals surface area contributed by atoms with Crippen LogP contribution in [-0.2, 0) is 0 Å². The molecule has 0 bridgehead atoms. The van der Waals surface area contributed by atoms with Gasteiger partial charge in [-0.3, -0.25) is 0 Å². The molecule has 2 aromatic carbocycles. The van der Waals surface area contributed by atoms with E-state index < -0.39 is 0 Å². The Morgan fingerprint density at radius 1 is 1.04 bits per heavy atom. The van der Waals surface area contributed by atoms with Gasteiger partial charge in [0.25, 0.3) is 0 Å². The second kappa shape index (κ2) is 7.74. The Balaban J connectivity index is 1.60. The van der Waals surface area contributed by atoms with Crippen molar-refractivity contribution in [1.82, 2.24) is 4.90 Å². The van der Waals surface area contributed by atoms with Crippen molar-refractivity contribution in [3.05, 3.63) is 53.6 Å². The Morgan fingerprint density at radius 3 is 2.48 bits per heavy atom. The average molecular weight is 356 g/mol. The van der Waals surface area contributed by atoms with Gasteiger partial charge in [-0.1, -0.05) is 18.2 Å². The number of benzene rings is 2. The Morgan fingerprint density at radius 2 is 1.76 bits per heavy atom. The highest BCUT2D eigenvalue weighted by Crippen LogP contribution is 2.24. The number of thiocarbonyl (C=S) groups is 1.